The van der Waals surface area contributed by atoms with Crippen LogP contribution in [0.25, 0.3) is 0 Å². The molecule has 0 fully saturated rings. The van der Waals surface area contributed by atoms with Crippen molar-refractivity contribution in [3.63, 3.8) is 0 Å². The molecule has 22 heavy (non-hydrogen) atoms. The second-order valence-corrected chi connectivity index (χ2v) is 4.72. The van der Waals surface area contributed by atoms with Crippen LogP contribution in [0, 0.1) is 6.92 Å². The Kier molecular flexibility index (Phi) is 5.25. The van der Waals surface area contributed by atoms with Gasteiger partial charge in [0.1, 0.15) is 17.2 Å². The first-order valence-corrected chi connectivity index (χ1v) is 6.83. The molecule has 0 bridgehead atoms. The standard InChI is InChI=1S/C17H19NO4/c1-12-7-8-16(21-3)15(9-12)18-17(19)11-22-14-6-4-5-13(10-14)20-2/h4-10H,11H2,1-3H3,(H,18,19). The van der Waals surface area contributed by atoms with Gasteiger partial charge in [-0.3, -0.25) is 4.79 Å². The molecule has 0 radical (unpaired) electrons. The summed E-state index contributed by atoms with van der Waals surface area (Å²) in [6.45, 7) is 1.85. The molecule has 5 nitrogen and oxygen atoms in total. The Morgan fingerprint density at radius 3 is 2.55 bits per heavy atom. The summed E-state index contributed by atoms with van der Waals surface area (Å²) in [4.78, 5) is 12.0. The van der Waals surface area contributed by atoms with E-state index in [9.17, 15) is 4.79 Å². The van der Waals surface area contributed by atoms with Crippen LogP contribution in [-0.4, -0.2) is 26.7 Å². The summed E-state index contributed by atoms with van der Waals surface area (Å²) < 4.78 is 15.8. The zero-order valence-electron chi connectivity index (χ0n) is 12.9. The quantitative estimate of drug-likeness (QED) is 0.891. The van der Waals surface area contributed by atoms with Gasteiger partial charge in [0.2, 0.25) is 0 Å². The SMILES string of the molecule is COc1cccc(OCC(=O)Nc2cc(C)ccc2OC)c1. The van der Waals surface area contributed by atoms with Crippen LogP contribution in [0.1, 0.15) is 5.56 Å². The van der Waals surface area contributed by atoms with Gasteiger partial charge in [0, 0.05) is 6.07 Å². The Balaban J connectivity index is 1.97. The number of carbonyl (C=O) groups excluding carboxylic acids is 1. The lowest BCUT2D eigenvalue weighted by Crippen LogP contribution is -2.20. The molecule has 0 aliphatic carbocycles. The first-order chi connectivity index (χ1) is 10.6. The molecule has 0 saturated carbocycles. The predicted molar refractivity (Wildman–Crippen MR) is 84.8 cm³/mol. The Bertz CT molecular complexity index is 655. The van der Waals surface area contributed by atoms with E-state index in [1.165, 1.54) is 0 Å². The van der Waals surface area contributed by atoms with Crippen molar-refractivity contribution in [2.45, 2.75) is 6.92 Å². The molecule has 1 amide bonds. The molecule has 0 spiro atoms. The molecule has 0 saturated heterocycles. The number of carbonyl (C=O) groups is 1. The van der Waals surface area contributed by atoms with E-state index in [0.29, 0.717) is 22.9 Å². The highest BCUT2D eigenvalue weighted by atomic mass is 16.5. The van der Waals surface area contributed by atoms with E-state index in [0.717, 1.165) is 5.56 Å². The predicted octanol–water partition coefficient (Wildman–Crippen LogP) is 3.03. The Morgan fingerprint density at radius 2 is 1.82 bits per heavy atom. The van der Waals surface area contributed by atoms with E-state index in [-0.39, 0.29) is 12.5 Å². The number of methoxy groups -OCH3 is 2. The minimum atomic E-state index is -0.258. The normalized spacial score (nSPS) is 9.95. The van der Waals surface area contributed by atoms with Crippen LogP contribution in [0.4, 0.5) is 5.69 Å². The topological polar surface area (TPSA) is 56.8 Å². The van der Waals surface area contributed by atoms with Crippen LogP contribution in [0.3, 0.4) is 0 Å². The van der Waals surface area contributed by atoms with Gasteiger partial charge in [-0.15, -0.1) is 0 Å². The highest BCUT2D eigenvalue weighted by Gasteiger charge is 2.09. The molecule has 2 rings (SSSR count). The molecule has 1 N–H and O–H groups in total. The van der Waals surface area contributed by atoms with Gasteiger partial charge in [-0.05, 0) is 36.8 Å². The lowest BCUT2D eigenvalue weighted by atomic mass is 10.2. The van der Waals surface area contributed by atoms with E-state index in [4.69, 9.17) is 14.2 Å². The van der Waals surface area contributed by atoms with E-state index in [1.807, 2.05) is 31.2 Å². The smallest absolute Gasteiger partial charge is 0.262 e. The van der Waals surface area contributed by atoms with Gasteiger partial charge in [0.05, 0.1) is 19.9 Å². The molecule has 2 aromatic carbocycles. The number of hydrogen-bond acceptors (Lipinski definition) is 4. The fourth-order valence-electron chi connectivity index (χ4n) is 1.95. The number of ether oxygens (including phenoxy) is 3. The number of anilines is 1. The minimum Gasteiger partial charge on any atom is -0.497 e. The van der Waals surface area contributed by atoms with Crippen molar-refractivity contribution in [1.82, 2.24) is 0 Å². The summed E-state index contributed by atoms with van der Waals surface area (Å²) in [5, 5.41) is 2.78. The van der Waals surface area contributed by atoms with E-state index >= 15 is 0 Å². The third kappa shape index (κ3) is 4.15. The van der Waals surface area contributed by atoms with Crippen molar-refractivity contribution in [3.8, 4) is 17.2 Å². The van der Waals surface area contributed by atoms with Gasteiger partial charge in [0.15, 0.2) is 6.61 Å². The molecule has 116 valence electrons. The molecule has 0 aromatic heterocycles. The number of aryl methyl sites for hydroxylation is 1. The van der Waals surface area contributed by atoms with Crippen LogP contribution in [-0.2, 0) is 4.79 Å². The molecule has 0 atom stereocenters. The molecular weight excluding hydrogens is 282 g/mol. The second-order valence-electron chi connectivity index (χ2n) is 4.72. The van der Waals surface area contributed by atoms with Gasteiger partial charge < -0.3 is 19.5 Å². The molecule has 5 heteroatoms. The summed E-state index contributed by atoms with van der Waals surface area (Å²) in [6, 6.07) is 12.7. The number of amides is 1. The number of hydrogen-bond donors (Lipinski definition) is 1. The van der Waals surface area contributed by atoms with Crippen LogP contribution in [0.5, 0.6) is 17.2 Å². The number of benzene rings is 2. The molecule has 0 aliphatic rings. The van der Waals surface area contributed by atoms with Crippen LogP contribution < -0.4 is 19.5 Å². The van der Waals surface area contributed by atoms with Crippen LogP contribution >= 0.6 is 0 Å². The Morgan fingerprint density at radius 1 is 1.05 bits per heavy atom. The first-order valence-electron chi connectivity index (χ1n) is 6.83. The Hall–Kier alpha value is -2.69. The van der Waals surface area contributed by atoms with Gasteiger partial charge in [-0.2, -0.15) is 0 Å². The van der Waals surface area contributed by atoms with Gasteiger partial charge >= 0.3 is 0 Å². The lowest BCUT2D eigenvalue weighted by Gasteiger charge is -2.12. The lowest BCUT2D eigenvalue weighted by molar-refractivity contribution is -0.118. The maximum Gasteiger partial charge on any atom is 0.262 e. The average Bonchev–Trinajstić information content (AvgIpc) is 2.53. The second kappa shape index (κ2) is 7.36. The van der Waals surface area contributed by atoms with Gasteiger partial charge in [-0.25, -0.2) is 0 Å². The summed E-state index contributed by atoms with van der Waals surface area (Å²) in [5.74, 6) is 1.61. The minimum absolute atomic E-state index is 0.0930. The van der Waals surface area contributed by atoms with Gasteiger partial charge in [0.25, 0.3) is 5.91 Å². The molecular formula is C17H19NO4. The molecule has 0 heterocycles. The van der Waals surface area contributed by atoms with Crippen LogP contribution in [0.2, 0.25) is 0 Å². The molecule has 0 aliphatic heterocycles. The van der Waals surface area contributed by atoms with Crippen LogP contribution in [0.15, 0.2) is 42.5 Å². The zero-order valence-corrected chi connectivity index (χ0v) is 12.9. The zero-order chi connectivity index (χ0) is 15.9. The fraction of sp³-hybridized carbons (Fsp3) is 0.235. The fourth-order valence-corrected chi connectivity index (χ4v) is 1.95. The summed E-state index contributed by atoms with van der Waals surface area (Å²) in [7, 11) is 3.14. The average molecular weight is 301 g/mol. The summed E-state index contributed by atoms with van der Waals surface area (Å²) >= 11 is 0. The number of rotatable bonds is 6. The van der Waals surface area contributed by atoms with Crippen molar-refractivity contribution in [3.05, 3.63) is 48.0 Å². The van der Waals surface area contributed by atoms with E-state index in [2.05, 4.69) is 5.32 Å². The highest BCUT2D eigenvalue weighted by molar-refractivity contribution is 5.93. The third-order valence-corrected chi connectivity index (χ3v) is 3.04. The molecule has 2 aromatic rings. The Labute approximate surface area is 129 Å². The van der Waals surface area contributed by atoms with Crippen molar-refractivity contribution in [2.75, 3.05) is 26.1 Å². The molecule has 0 unspecified atom stereocenters. The van der Waals surface area contributed by atoms with E-state index in [1.54, 1.807) is 32.4 Å². The van der Waals surface area contributed by atoms with Gasteiger partial charge in [-0.1, -0.05) is 12.1 Å². The maximum absolute atomic E-state index is 12.0. The van der Waals surface area contributed by atoms with E-state index < -0.39 is 0 Å². The summed E-state index contributed by atoms with van der Waals surface area (Å²) in [5.41, 5.74) is 1.66. The maximum atomic E-state index is 12.0. The monoisotopic (exact) mass is 301 g/mol. The highest BCUT2D eigenvalue weighted by Crippen LogP contribution is 2.25. The van der Waals surface area contributed by atoms with Crippen molar-refractivity contribution < 1.29 is 19.0 Å². The largest absolute Gasteiger partial charge is 0.497 e. The number of nitrogens with one attached hydrogen (secondary N) is 1. The first kappa shape index (κ1) is 15.7. The summed E-state index contributed by atoms with van der Waals surface area (Å²) in [6.07, 6.45) is 0. The van der Waals surface area contributed by atoms with Crippen molar-refractivity contribution in [1.29, 1.82) is 0 Å². The third-order valence-electron chi connectivity index (χ3n) is 3.04. The van der Waals surface area contributed by atoms with Crippen molar-refractivity contribution in [2.24, 2.45) is 0 Å². The van der Waals surface area contributed by atoms with Crippen molar-refractivity contribution >= 4 is 11.6 Å².